The molecule has 2 aliphatic rings. The lowest BCUT2D eigenvalue weighted by molar-refractivity contribution is 0.233. The zero-order valence-corrected chi connectivity index (χ0v) is 10.3. The van der Waals surface area contributed by atoms with Crippen molar-refractivity contribution in [3.8, 4) is 0 Å². The molecule has 96 valence electrons. The minimum Gasteiger partial charge on any atom is -0.302 e. The van der Waals surface area contributed by atoms with Crippen molar-refractivity contribution in [2.75, 3.05) is 19.6 Å². The number of nitrogens with one attached hydrogen (secondary N) is 2. The van der Waals surface area contributed by atoms with Crippen molar-refractivity contribution in [1.29, 1.82) is 5.41 Å². The largest absolute Gasteiger partial charge is 0.302 e. The van der Waals surface area contributed by atoms with Crippen LogP contribution in [0.15, 0.2) is 18.3 Å². The van der Waals surface area contributed by atoms with Gasteiger partial charge in [-0.25, -0.2) is 0 Å². The highest BCUT2D eigenvalue weighted by Gasteiger charge is 2.42. The van der Waals surface area contributed by atoms with Crippen LogP contribution in [0.2, 0.25) is 0 Å². The van der Waals surface area contributed by atoms with E-state index >= 15 is 0 Å². The summed E-state index contributed by atoms with van der Waals surface area (Å²) >= 11 is 0. The maximum Gasteiger partial charge on any atom is 0.168 e. The van der Waals surface area contributed by atoms with Gasteiger partial charge in [0, 0.05) is 18.2 Å². The zero-order valence-electron chi connectivity index (χ0n) is 10.3. The second-order valence-corrected chi connectivity index (χ2v) is 5.33. The van der Waals surface area contributed by atoms with Crippen LogP contribution in [0.25, 0.3) is 0 Å². The topological polar surface area (TPSA) is 72.2 Å². The maximum absolute atomic E-state index is 8.69. The summed E-state index contributed by atoms with van der Waals surface area (Å²) in [6.07, 6.45) is 5.58. The molecule has 0 saturated carbocycles. The van der Waals surface area contributed by atoms with Crippen molar-refractivity contribution in [3.05, 3.63) is 29.6 Å². The molecule has 3 heterocycles. The van der Waals surface area contributed by atoms with Crippen LogP contribution in [-0.4, -0.2) is 40.6 Å². The van der Waals surface area contributed by atoms with Gasteiger partial charge in [-0.2, -0.15) is 0 Å². The smallest absolute Gasteiger partial charge is 0.168 e. The lowest BCUT2D eigenvalue weighted by Gasteiger charge is -2.34. The quantitative estimate of drug-likeness (QED) is 0.415. The van der Waals surface area contributed by atoms with E-state index in [4.69, 9.17) is 10.6 Å². The predicted octanol–water partition coefficient (Wildman–Crippen LogP) is 1.12. The number of rotatable bonds is 2. The maximum atomic E-state index is 8.69. The lowest BCUT2D eigenvalue weighted by atomic mass is 9.75. The third-order valence-corrected chi connectivity index (χ3v) is 4.31. The van der Waals surface area contributed by atoms with Gasteiger partial charge >= 0.3 is 0 Å². The van der Waals surface area contributed by atoms with Crippen LogP contribution in [0.1, 0.15) is 30.5 Å². The highest BCUT2D eigenvalue weighted by atomic mass is 16.5. The summed E-state index contributed by atoms with van der Waals surface area (Å²) in [5, 5.41) is 16.2. The van der Waals surface area contributed by atoms with Gasteiger partial charge in [0.1, 0.15) is 5.69 Å². The highest BCUT2D eigenvalue weighted by molar-refractivity contribution is 5.93. The Morgan fingerprint density at radius 3 is 3.00 bits per heavy atom. The summed E-state index contributed by atoms with van der Waals surface area (Å²) < 4.78 is 0. The van der Waals surface area contributed by atoms with Gasteiger partial charge in [-0.15, -0.1) is 0 Å². The molecule has 2 aliphatic heterocycles. The van der Waals surface area contributed by atoms with Gasteiger partial charge in [-0.05, 0) is 44.0 Å². The fraction of sp³-hybridized carbons (Fsp3) is 0.538. The Kier molecular flexibility index (Phi) is 2.80. The van der Waals surface area contributed by atoms with E-state index in [1.165, 1.54) is 37.9 Å². The first-order valence-electron chi connectivity index (χ1n) is 6.41. The SMILES string of the molecule is N=C(NO)c1ccc(C23CCCN(CC2)C3)cn1. The third kappa shape index (κ3) is 1.79. The summed E-state index contributed by atoms with van der Waals surface area (Å²) in [6.45, 7) is 3.56. The van der Waals surface area contributed by atoms with E-state index in [1.807, 2.05) is 17.7 Å². The molecule has 0 aliphatic carbocycles. The van der Waals surface area contributed by atoms with Crippen molar-refractivity contribution in [2.45, 2.75) is 24.7 Å². The van der Waals surface area contributed by atoms with E-state index in [0.717, 1.165) is 6.54 Å². The van der Waals surface area contributed by atoms with Gasteiger partial charge in [0.2, 0.25) is 0 Å². The van der Waals surface area contributed by atoms with Crippen LogP contribution in [0.5, 0.6) is 0 Å². The zero-order chi connectivity index (χ0) is 12.6. The van der Waals surface area contributed by atoms with Crippen molar-refractivity contribution in [1.82, 2.24) is 15.4 Å². The minimum absolute atomic E-state index is 0.0595. The first-order valence-corrected chi connectivity index (χ1v) is 6.41. The van der Waals surface area contributed by atoms with Crippen molar-refractivity contribution in [3.63, 3.8) is 0 Å². The molecule has 2 saturated heterocycles. The number of piperidine rings is 1. The predicted molar refractivity (Wildman–Crippen MR) is 68.0 cm³/mol. The number of hydrogen-bond donors (Lipinski definition) is 3. The molecule has 0 aromatic carbocycles. The van der Waals surface area contributed by atoms with Crippen LogP contribution in [0, 0.1) is 5.41 Å². The van der Waals surface area contributed by atoms with Gasteiger partial charge in [0.05, 0.1) is 0 Å². The van der Waals surface area contributed by atoms with Crippen LogP contribution in [0.4, 0.5) is 0 Å². The Labute approximate surface area is 106 Å². The number of hydroxylamine groups is 1. The van der Waals surface area contributed by atoms with Gasteiger partial charge in [0.15, 0.2) is 5.84 Å². The Morgan fingerprint density at radius 1 is 1.39 bits per heavy atom. The van der Waals surface area contributed by atoms with Crippen molar-refractivity contribution < 1.29 is 5.21 Å². The normalized spacial score (nSPS) is 30.2. The first kappa shape index (κ1) is 11.6. The van der Waals surface area contributed by atoms with E-state index < -0.39 is 0 Å². The van der Waals surface area contributed by atoms with E-state index in [1.54, 1.807) is 0 Å². The molecule has 2 unspecified atom stereocenters. The van der Waals surface area contributed by atoms with Gasteiger partial charge in [-0.1, -0.05) is 6.07 Å². The first-order chi connectivity index (χ1) is 8.73. The highest BCUT2D eigenvalue weighted by Crippen LogP contribution is 2.41. The summed E-state index contributed by atoms with van der Waals surface area (Å²) in [4.78, 5) is 6.79. The number of fused-ring (bicyclic) bond motifs is 2. The third-order valence-electron chi connectivity index (χ3n) is 4.31. The standard InChI is InChI=1S/C13H18N4O/c14-12(16-18)11-3-2-10(8-15-11)13-4-1-6-17(9-13)7-5-13/h2-3,8,18H,1,4-7,9H2,(H2,14,16). The Bertz CT molecular complexity index is 455. The Hall–Kier alpha value is -1.46. The fourth-order valence-corrected chi connectivity index (χ4v) is 3.29. The number of aromatic nitrogens is 1. The molecule has 0 amide bonds. The Balaban J connectivity index is 1.86. The lowest BCUT2D eigenvalue weighted by Crippen LogP contribution is -2.37. The van der Waals surface area contributed by atoms with Crippen LogP contribution in [0.3, 0.4) is 0 Å². The van der Waals surface area contributed by atoms with Crippen LogP contribution < -0.4 is 5.48 Å². The molecule has 1 aromatic rings. The average molecular weight is 246 g/mol. The number of pyridine rings is 1. The molecule has 5 nitrogen and oxygen atoms in total. The monoisotopic (exact) mass is 246 g/mol. The van der Waals surface area contributed by atoms with Gasteiger partial charge in [0.25, 0.3) is 0 Å². The summed E-state index contributed by atoms with van der Waals surface area (Å²) in [5.74, 6) is -0.0595. The molecule has 2 bridgehead atoms. The summed E-state index contributed by atoms with van der Waals surface area (Å²) in [7, 11) is 0. The molecular weight excluding hydrogens is 228 g/mol. The molecule has 2 fully saturated rings. The van der Waals surface area contributed by atoms with Crippen molar-refractivity contribution >= 4 is 5.84 Å². The van der Waals surface area contributed by atoms with Gasteiger partial charge < -0.3 is 4.90 Å². The summed E-state index contributed by atoms with van der Waals surface area (Å²) in [5.41, 5.74) is 3.85. The molecule has 1 aromatic heterocycles. The number of nitrogens with zero attached hydrogens (tertiary/aromatic N) is 2. The van der Waals surface area contributed by atoms with E-state index in [2.05, 4.69) is 16.0 Å². The number of amidine groups is 1. The van der Waals surface area contributed by atoms with E-state index in [9.17, 15) is 0 Å². The molecular formula is C13H18N4O. The molecule has 3 rings (SSSR count). The second-order valence-electron chi connectivity index (χ2n) is 5.33. The molecule has 3 N–H and O–H groups in total. The molecule has 0 radical (unpaired) electrons. The Morgan fingerprint density at radius 2 is 2.28 bits per heavy atom. The average Bonchev–Trinajstić information content (AvgIpc) is 2.74. The molecule has 18 heavy (non-hydrogen) atoms. The molecule has 0 spiro atoms. The minimum atomic E-state index is -0.0595. The molecule has 5 heteroatoms. The van der Waals surface area contributed by atoms with E-state index in [-0.39, 0.29) is 11.3 Å². The van der Waals surface area contributed by atoms with E-state index in [0.29, 0.717) is 5.69 Å². The van der Waals surface area contributed by atoms with Gasteiger partial charge in [-0.3, -0.25) is 21.1 Å². The molecule has 2 atom stereocenters. The van der Waals surface area contributed by atoms with Crippen LogP contribution in [-0.2, 0) is 5.41 Å². The summed E-state index contributed by atoms with van der Waals surface area (Å²) in [6, 6.07) is 3.87. The van der Waals surface area contributed by atoms with Crippen molar-refractivity contribution in [2.24, 2.45) is 0 Å². The van der Waals surface area contributed by atoms with Crippen LogP contribution >= 0.6 is 0 Å². The fourth-order valence-electron chi connectivity index (χ4n) is 3.29. The second kappa shape index (κ2) is 4.33. The number of hydrogen-bond acceptors (Lipinski definition) is 4.